The Morgan fingerprint density at radius 1 is 1.24 bits per heavy atom. The normalized spacial score (nSPS) is 11.7. The number of sulfonamides is 1. The van der Waals surface area contributed by atoms with Gasteiger partial charge in [-0.1, -0.05) is 0 Å². The molecule has 0 aliphatic carbocycles. The molecule has 2 heterocycles. The van der Waals surface area contributed by atoms with Crippen LogP contribution in [0.5, 0.6) is 0 Å². The maximum Gasteiger partial charge on any atom is 0.266 e. The van der Waals surface area contributed by atoms with Crippen molar-refractivity contribution in [2.45, 2.75) is 24.8 Å². The zero-order chi connectivity index (χ0) is 15.6. The zero-order valence-corrected chi connectivity index (χ0v) is 13.3. The van der Waals surface area contributed by atoms with Gasteiger partial charge in [-0.2, -0.15) is 5.10 Å². The first-order chi connectivity index (χ1) is 9.79. The van der Waals surface area contributed by atoms with Crippen molar-refractivity contribution in [2.75, 3.05) is 23.7 Å². The highest BCUT2D eigenvalue weighted by Crippen LogP contribution is 2.17. The van der Waals surface area contributed by atoms with E-state index >= 15 is 0 Å². The van der Waals surface area contributed by atoms with Crippen LogP contribution >= 0.6 is 0 Å². The monoisotopic (exact) mass is 309 g/mol. The van der Waals surface area contributed by atoms with Gasteiger partial charge in [-0.3, -0.25) is 9.40 Å². The SMILES string of the molecule is CC(C)n1cc(S(=O)(=O)Nc2ccc(N(C)C)cn2)cn1. The van der Waals surface area contributed by atoms with E-state index < -0.39 is 10.0 Å². The second-order valence-corrected chi connectivity index (χ2v) is 6.83. The molecule has 0 saturated heterocycles. The molecule has 0 aliphatic rings. The number of hydrogen-bond acceptors (Lipinski definition) is 5. The molecular formula is C13H19N5O2S. The maximum atomic E-state index is 12.2. The molecule has 0 unspecified atom stereocenters. The minimum absolute atomic E-state index is 0.103. The minimum Gasteiger partial charge on any atom is -0.376 e. The smallest absolute Gasteiger partial charge is 0.266 e. The van der Waals surface area contributed by atoms with Gasteiger partial charge in [0.15, 0.2) is 0 Å². The van der Waals surface area contributed by atoms with Gasteiger partial charge in [-0.05, 0) is 26.0 Å². The third-order valence-corrected chi connectivity index (χ3v) is 4.23. The largest absolute Gasteiger partial charge is 0.376 e. The van der Waals surface area contributed by atoms with Crippen LogP contribution in [-0.4, -0.2) is 37.3 Å². The lowest BCUT2D eigenvalue weighted by molar-refractivity contribution is 0.531. The molecule has 0 fully saturated rings. The van der Waals surface area contributed by atoms with Crippen molar-refractivity contribution < 1.29 is 8.42 Å². The van der Waals surface area contributed by atoms with Crippen LogP contribution in [0.3, 0.4) is 0 Å². The number of nitrogens with zero attached hydrogens (tertiary/aromatic N) is 4. The third-order valence-electron chi connectivity index (χ3n) is 2.92. The average molecular weight is 309 g/mol. The summed E-state index contributed by atoms with van der Waals surface area (Å²) in [4.78, 5) is 6.10. The van der Waals surface area contributed by atoms with Crippen molar-refractivity contribution in [3.05, 3.63) is 30.7 Å². The van der Waals surface area contributed by atoms with Crippen LogP contribution in [-0.2, 0) is 10.0 Å². The molecule has 0 amide bonds. The summed E-state index contributed by atoms with van der Waals surface area (Å²) in [6.45, 7) is 3.86. The number of hydrogen-bond donors (Lipinski definition) is 1. The fraction of sp³-hybridized carbons (Fsp3) is 0.385. The van der Waals surface area contributed by atoms with Crippen LogP contribution in [0.25, 0.3) is 0 Å². The van der Waals surface area contributed by atoms with E-state index in [4.69, 9.17) is 0 Å². The molecule has 1 N–H and O–H groups in total. The lowest BCUT2D eigenvalue weighted by atomic mass is 10.4. The topological polar surface area (TPSA) is 80.1 Å². The quantitative estimate of drug-likeness (QED) is 0.909. The molecule has 0 aromatic carbocycles. The summed E-state index contributed by atoms with van der Waals surface area (Å²) in [6.07, 6.45) is 4.44. The second-order valence-electron chi connectivity index (χ2n) is 5.15. The van der Waals surface area contributed by atoms with Crippen LogP contribution in [0, 0.1) is 0 Å². The lowest BCUT2D eigenvalue weighted by Gasteiger charge is -2.12. The first kappa shape index (κ1) is 15.3. The maximum absolute atomic E-state index is 12.2. The lowest BCUT2D eigenvalue weighted by Crippen LogP contribution is -2.14. The molecule has 0 aliphatic heterocycles. The molecule has 21 heavy (non-hydrogen) atoms. The van der Waals surface area contributed by atoms with Crippen LogP contribution in [0.1, 0.15) is 19.9 Å². The standard InChI is InChI=1S/C13H19N5O2S/c1-10(2)18-9-12(8-15-18)21(19,20)16-13-6-5-11(7-14-13)17(3)4/h5-10H,1-4H3,(H,14,16). The van der Waals surface area contributed by atoms with E-state index in [1.165, 1.54) is 12.4 Å². The molecule has 0 spiro atoms. The highest BCUT2D eigenvalue weighted by molar-refractivity contribution is 7.92. The summed E-state index contributed by atoms with van der Waals surface area (Å²) >= 11 is 0. The van der Waals surface area contributed by atoms with Crippen molar-refractivity contribution >= 4 is 21.5 Å². The van der Waals surface area contributed by atoms with Gasteiger partial charge in [-0.25, -0.2) is 13.4 Å². The fourth-order valence-electron chi connectivity index (χ4n) is 1.65. The highest BCUT2D eigenvalue weighted by Gasteiger charge is 2.18. The molecule has 114 valence electrons. The first-order valence-corrected chi connectivity index (χ1v) is 7.98. The Labute approximate surface area is 124 Å². The van der Waals surface area contributed by atoms with Gasteiger partial charge in [0.05, 0.1) is 18.1 Å². The Hall–Kier alpha value is -2.09. The van der Waals surface area contributed by atoms with E-state index in [0.29, 0.717) is 0 Å². The van der Waals surface area contributed by atoms with Gasteiger partial charge >= 0.3 is 0 Å². The van der Waals surface area contributed by atoms with E-state index in [0.717, 1.165) is 5.69 Å². The summed E-state index contributed by atoms with van der Waals surface area (Å²) in [5, 5.41) is 4.03. The molecular weight excluding hydrogens is 290 g/mol. The van der Waals surface area contributed by atoms with Gasteiger partial charge in [0.25, 0.3) is 10.0 Å². The predicted octanol–water partition coefficient (Wildman–Crippen LogP) is 1.73. The Morgan fingerprint density at radius 3 is 2.43 bits per heavy atom. The zero-order valence-electron chi connectivity index (χ0n) is 12.5. The van der Waals surface area contributed by atoms with Gasteiger partial charge in [-0.15, -0.1) is 0 Å². The summed E-state index contributed by atoms with van der Waals surface area (Å²) in [7, 11) is 0.112. The van der Waals surface area contributed by atoms with Crippen LogP contribution < -0.4 is 9.62 Å². The van der Waals surface area contributed by atoms with Crippen LogP contribution in [0.4, 0.5) is 11.5 Å². The average Bonchev–Trinajstić information content (AvgIpc) is 2.89. The molecule has 0 atom stereocenters. The third kappa shape index (κ3) is 3.52. The Bertz CT molecular complexity index is 704. The second kappa shape index (κ2) is 5.72. The van der Waals surface area contributed by atoms with E-state index in [1.807, 2.05) is 32.8 Å². The van der Waals surface area contributed by atoms with Crippen molar-refractivity contribution in [2.24, 2.45) is 0 Å². The van der Waals surface area contributed by atoms with E-state index in [-0.39, 0.29) is 16.8 Å². The predicted molar refractivity (Wildman–Crippen MR) is 82.0 cm³/mol. The number of nitrogens with one attached hydrogen (secondary N) is 1. The summed E-state index contributed by atoms with van der Waals surface area (Å²) < 4.78 is 28.5. The first-order valence-electron chi connectivity index (χ1n) is 6.50. The Balaban J connectivity index is 2.20. The number of aromatic nitrogens is 3. The van der Waals surface area contributed by atoms with Crippen molar-refractivity contribution in [1.29, 1.82) is 0 Å². The van der Waals surface area contributed by atoms with E-state index in [1.54, 1.807) is 23.0 Å². The molecule has 7 nitrogen and oxygen atoms in total. The molecule has 0 bridgehead atoms. The van der Waals surface area contributed by atoms with Crippen molar-refractivity contribution in [3.63, 3.8) is 0 Å². The molecule has 0 saturated carbocycles. The van der Waals surface area contributed by atoms with Crippen molar-refractivity contribution in [3.8, 4) is 0 Å². The van der Waals surface area contributed by atoms with Gasteiger partial charge < -0.3 is 4.90 Å². The number of anilines is 2. The Morgan fingerprint density at radius 2 is 1.95 bits per heavy atom. The van der Waals surface area contributed by atoms with Gasteiger partial charge in [0, 0.05) is 26.3 Å². The van der Waals surface area contributed by atoms with Crippen LogP contribution in [0.2, 0.25) is 0 Å². The summed E-state index contributed by atoms with van der Waals surface area (Å²) in [5.74, 6) is 0.276. The van der Waals surface area contributed by atoms with Gasteiger partial charge in [0.1, 0.15) is 10.7 Å². The fourth-order valence-corrected chi connectivity index (χ4v) is 2.60. The summed E-state index contributed by atoms with van der Waals surface area (Å²) in [6, 6.07) is 3.52. The number of pyridine rings is 1. The van der Waals surface area contributed by atoms with E-state index in [9.17, 15) is 8.42 Å². The molecule has 8 heteroatoms. The molecule has 2 aromatic rings. The van der Waals surface area contributed by atoms with Crippen molar-refractivity contribution in [1.82, 2.24) is 14.8 Å². The van der Waals surface area contributed by atoms with Crippen LogP contribution in [0.15, 0.2) is 35.6 Å². The molecule has 2 aromatic heterocycles. The molecule has 2 rings (SSSR count). The van der Waals surface area contributed by atoms with E-state index in [2.05, 4.69) is 14.8 Å². The highest BCUT2D eigenvalue weighted by atomic mass is 32.2. The minimum atomic E-state index is -3.67. The summed E-state index contributed by atoms with van der Waals surface area (Å²) in [5.41, 5.74) is 0.894. The van der Waals surface area contributed by atoms with Gasteiger partial charge in [0.2, 0.25) is 0 Å². The molecule has 0 radical (unpaired) electrons. The number of rotatable bonds is 5. The Kier molecular flexibility index (Phi) is 4.17.